The number of hydrogen-bond donors (Lipinski definition) is 1. The first-order chi connectivity index (χ1) is 11.3. The van der Waals surface area contributed by atoms with Gasteiger partial charge in [-0.2, -0.15) is 13.2 Å². The molecule has 0 spiro atoms. The summed E-state index contributed by atoms with van der Waals surface area (Å²) < 4.78 is 39.1. The number of hydrogen-bond acceptors (Lipinski definition) is 5. The van der Waals surface area contributed by atoms with Crippen LogP contribution in [-0.2, 0) is 6.18 Å². The van der Waals surface area contributed by atoms with Gasteiger partial charge in [-0.3, -0.25) is 4.90 Å². The molecule has 0 bridgehead atoms. The number of fused-ring (bicyclic) bond motifs is 1. The van der Waals surface area contributed by atoms with Gasteiger partial charge in [-0.15, -0.1) is 0 Å². The first-order valence-electron chi connectivity index (χ1n) is 7.96. The molecule has 1 saturated heterocycles. The van der Waals surface area contributed by atoms with Gasteiger partial charge in [-0.25, -0.2) is 4.98 Å². The summed E-state index contributed by atoms with van der Waals surface area (Å²) in [7, 11) is 2.12. The second-order valence-corrected chi connectivity index (χ2v) is 7.38. The minimum atomic E-state index is -4.33. The second kappa shape index (κ2) is 6.85. The molecule has 8 heteroatoms. The third kappa shape index (κ3) is 4.17. The van der Waals surface area contributed by atoms with Gasteiger partial charge in [0.1, 0.15) is 0 Å². The molecular formula is C16H21F3N4S. The molecule has 1 atom stereocenters. The van der Waals surface area contributed by atoms with Crippen LogP contribution in [0.2, 0.25) is 0 Å². The average Bonchev–Trinajstić information content (AvgIpc) is 2.89. The third-order valence-corrected chi connectivity index (χ3v) is 5.18. The number of rotatable bonds is 4. The Labute approximate surface area is 143 Å². The second-order valence-electron chi connectivity index (χ2n) is 6.35. The number of anilines is 1. The number of halogens is 3. The van der Waals surface area contributed by atoms with E-state index in [0.29, 0.717) is 10.6 Å². The molecule has 1 aromatic heterocycles. The van der Waals surface area contributed by atoms with E-state index >= 15 is 0 Å². The Morgan fingerprint density at radius 2 is 1.96 bits per heavy atom. The van der Waals surface area contributed by atoms with Crippen molar-refractivity contribution in [2.45, 2.75) is 19.1 Å². The highest BCUT2D eigenvalue weighted by atomic mass is 32.1. The molecular weight excluding hydrogens is 337 g/mol. The molecule has 1 aliphatic rings. The van der Waals surface area contributed by atoms with Gasteiger partial charge in [0.2, 0.25) is 0 Å². The van der Waals surface area contributed by atoms with E-state index in [9.17, 15) is 13.2 Å². The van der Waals surface area contributed by atoms with Crippen molar-refractivity contribution < 1.29 is 13.2 Å². The predicted octanol–water partition coefficient (Wildman–Crippen LogP) is 3.36. The number of nitrogens with one attached hydrogen (secondary N) is 1. The number of benzene rings is 1. The molecule has 1 aliphatic heterocycles. The Morgan fingerprint density at radius 3 is 2.62 bits per heavy atom. The number of piperazine rings is 1. The fourth-order valence-corrected chi connectivity index (χ4v) is 3.80. The molecule has 1 unspecified atom stereocenters. The molecule has 1 aromatic carbocycles. The van der Waals surface area contributed by atoms with Gasteiger partial charge < -0.3 is 10.2 Å². The van der Waals surface area contributed by atoms with Crippen LogP contribution in [0.15, 0.2) is 18.2 Å². The topological polar surface area (TPSA) is 31.4 Å². The smallest absolute Gasteiger partial charge is 0.358 e. The standard InChI is InChI=1S/C16H21F3N4S/c1-11(10-23-7-5-22(2)6-8-23)20-15-21-13-9-12(16(17,18)19)3-4-14(13)24-15/h3-4,9,11H,5-8,10H2,1-2H3,(H,20,21). The van der Waals surface area contributed by atoms with E-state index in [1.54, 1.807) is 0 Å². The van der Waals surface area contributed by atoms with Crippen molar-refractivity contribution in [3.63, 3.8) is 0 Å². The summed E-state index contributed by atoms with van der Waals surface area (Å²) in [4.78, 5) is 9.01. The van der Waals surface area contributed by atoms with Crippen LogP contribution >= 0.6 is 11.3 Å². The van der Waals surface area contributed by atoms with Crippen LogP contribution in [0.4, 0.5) is 18.3 Å². The summed E-state index contributed by atoms with van der Waals surface area (Å²) in [6.07, 6.45) is -4.33. The Morgan fingerprint density at radius 1 is 1.25 bits per heavy atom. The normalized spacial score (nSPS) is 18.9. The average molecular weight is 358 g/mol. The summed E-state index contributed by atoms with van der Waals surface area (Å²) in [5.41, 5.74) is -0.263. The van der Waals surface area contributed by atoms with Crippen LogP contribution in [0, 0.1) is 0 Å². The first-order valence-corrected chi connectivity index (χ1v) is 8.78. The maximum absolute atomic E-state index is 12.8. The van der Waals surface area contributed by atoms with Crippen LogP contribution in [0.25, 0.3) is 10.2 Å². The van der Waals surface area contributed by atoms with Crippen molar-refractivity contribution in [1.82, 2.24) is 14.8 Å². The molecule has 3 rings (SSSR count). The summed E-state index contributed by atoms with van der Waals surface area (Å²) in [5.74, 6) is 0. The minimum absolute atomic E-state index is 0.191. The van der Waals surface area contributed by atoms with Gasteiger partial charge in [-0.05, 0) is 32.2 Å². The number of nitrogens with zero attached hydrogens (tertiary/aromatic N) is 3. The Kier molecular flexibility index (Phi) is 4.98. The molecule has 0 radical (unpaired) electrons. The number of likely N-dealkylation sites (N-methyl/N-ethyl adjacent to an activating group) is 1. The lowest BCUT2D eigenvalue weighted by Crippen LogP contribution is -2.47. The third-order valence-electron chi connectivity index (χ3n) is 4.21. The number of alkyl halides is 3. The monoisotopic (exact) mass is 358 g/mol. The molecule has 2 heterocycles. The minimum Gasteiger partial charge on any atom is -0.358 e. The largest absolute Gasteiger partial charge is 0.416 e. The van der Waals surface area contributed by atoms with Crippen molar-refractivity contribution in [2.75, 3.05) is 45.1 Å². The Hall–Kier alpha value is -1.38. The van der Waals surface area contributed by atoms with Crippen molar-refractivity contribution in [2.24, 2.45) is 0 Å². The van der Waals surface area contributed by atoms with Gasteiger partial charge >= 0.3 is 6.18 Å². The predicted molar refractivity (Wildman–Crippen MR) is 91.6 cm³/mol. The molecule has 24 heavy (non-hydrogen) atoms. The van der Waals surface area contributed by atoms with Crippen molar-refractivity contribution in [1.29, 1.82) is 0 Å². The van der Waals surface area contributed by atoms with Gasteiger partial charge in [0.25, 0.3) is 0 Å². The van der Waals surface area contributed by atoms with E-state index in [4.69, 9.17) is 0 Å². The molecule has 1 fully saturated rings. The lowest BCUT2D eigenvalue weighted by molar-refractivity contribution is -0.137. The lowest BCUT2D eigenvalue weighted by Gasteiger charge is -2.34. The van der Waals surface area contributed by atoms with Crippen LogP contribution in [0.5, 0.6) is 0 Å². The molecule has 4 nitrogen and oxygen atoms in total. The van der Waals surface area contributed by atoms with E-state index in [1.165, 1.54) is 17.4 Å². The molecule has 0 aliphatic carbocycles. The maximum atomic E-state index is 12.8. The van der Waals surface area contributed by atoms with Crippen LogP contribution < -0.4 is 5.32 Å². The summed E-state index contributed by atoms with van der Waals surface area (Å²) in [6, 6.07) is 3.91. The van der Waals surface area contributed by atoms with Gasteiger partial charge in [0, 0.05) is 38.8 Å². The van der Waals surface area contributed by atoms with E-state index in [2.05, 4.69) is 34.1 Å². The quantitative estimate of drug-likeness (QED) is 0.908. The van der Waals surface area contributed by atoms with E-state index < -0.39 is 11.7 Å². The Balaban J connectivity index is 1.64. The lowest BCUT2D eigenvalue weighted by atomic mass is 10.2. The summed E-state index contributed by atoms with van der Waals surface area (Å²) >= 11 is 1.39. The molecule has 1 N–H and O–H groups in total. The van der Waals surface area contributed by atoms with Gasteiger partial charge in [0.05, 0.1) is 15.8 Å². The van der Waals surface area contributed by atoms with Crippen molar-refractivity contribution >= 4 is 26.7 Å². The van der Waals surface area contributed by atoms with E-state index in [1.807, 2.05) is 0 Å². The van der Waals surface area contributed by atoms with E-state index in [0.717, 1.165) is 49.6 Å². The van der Waals surface area contributed by atoms with Crippen molar-refractivity contribution in [3.05, 3.63) is 23.8 Å². The maximum Gasteiger partial charge on any atom is 0.416 e. The first kappa shape index (κ1) is 17.4. The SMILES string of the molecule is CC(CN1CCN(C)CC1)Nc1nc2cc(C(F)(F)F)ccc2s1. The highest BCUT2D eigenvalue weighted by molar-refractivity contribution is 7.22. The van der Waals surface area contributed by atoms with Gasteiger partial charge in [0.15, 0.2) is 5.13 Å². The highest BCUT2D eigenvalue weighted by Gasteiger charge is 2.30. The highest BCUT2D eigenvalue weighted by Crippen LogP contribution is 2.34. The number of thiazole rings is 1. The number of aromatic nitrogens is 1. The Bertz CT molecular complexity index is 692. The molecule has 0 saturated carbocycles. The van der Waals surface area contributed by atoms with Crippen molar-refractivity contribution in [3.8, 4) is 0 Å². The molecule has 0 amide bonds. The van der Waals surface area contributed by atoms with Crippen LogP contribution in [-0.4, -0.2) is 60.6 Å². The zero-order chi connectivity index (χ0) is 17.3. The van der Waals surface area contributed by atoms with Crippen LogP contribution in [0.3, 0.4) is 0 Å². The zero-order valence-corrected chi connectivity index (χ0v) is 14.5. The fraction of sp³-hybridized carbons (Fsp3) is 0.562. The fourth-order valence-electron chi connectivity index (χ4n) is 2.84. The molecule has 132 valence electrons. The van der Waals surface area contributed by atoms with Crippen LogP contribution in [0.1, 0.15) is 12.5 Å². The van der Waals surface area contributed by atoms with Gasteiger partial charge in [-0.1, -0.05) is 11.3 Å². The summed E-state index contributed by atoms with van der Waals surface area (Å²) in [5, 5.41) is 3.99. The van der Waals surface area contributed by atoms with E-state index in [-0.39, 0.29) is 6.04 Å². The zero-order valence-electron chi connectivity index (χ0n) is 13.7. The molecule has 2 aromatic rings. The summed E-state index contributed by atoms with van der Waals surface area (Å²) in [6.45, 7) is 7.18.